The lowest BCUT2D eigenvalue weighted by atomic mass is 10.2. The number of nitrogens with one attached hydrogen (secondary N) is 1. The highest BCUT2D eigenvalue weighted by Gasteiger charge is 2.28. The molecule has 0 aliphatic heterocycles. The predicted octanol–water partition coefficient (Wildman–Crippen LogP) is 2.95. The second-order valence-corrected chi connectivity index (χ2v) is 6.64. The van der Waals surface area contributed by atoms with Crippen LogP contribution >= 0.6 is 34.8 Å². The molecule has 0 saturated carbocycles. The third-order valence-electron chi connectivity index (χ3n) is 2.23. The van der Waals surface area contributed by atoms with E-state index in [9.17, 15) is 13.2 Å². The Kier molecular flexibility index (Phi) is 5.85. The maximum absolute atomic E-state index is 12.2. The van der Waals surface area contributed by atoms with Crippen molar-refractivity contribution >= 4 is 50.8 Å². The van der Waals surface area contributed by atoms with Crippen LogP contribution < -0.4 is 4.72 Å². The maximum Gasteiger partial charge on any atom is 0.322 e. The lowest BCUT2D eigenvalue weighted by Gasteiger charge is -2.15. The fourth-order valence-electron chi connectivity index (χ4n) is 1.40. The quantitative estimate of drug-likeness (QED) is 0.766. The summed E-state index contributed by atoms with van der Waals surface area (Å²) in [5.74, 6) is -1.34. The largest absolute Gasteiger partial charge is 0.480 e. The van der Waals surface area contributed by atoms with E-state index in [0.717, 1.165) is 0 Å². The Morgan fingerprint density at radius 3 is 2.25 bits per heavy atom. The maximum atomic E-state index is 12.2. The SMILES string of the molecule is C=CCC(NS(=O)(=O)c1c(Cl)cc(Cl)cc1Cl)C(=O)O. The summed E-state index contributed by atoms with van der Waals surface area (Å²) >= 11 is 17.3. The molecule has 0 amide bonds. The highest BCUT2D eigenvalue weighted by Crippen LogP contribution is 2.32. The summed E-state index contributed by atoms with van der Waals surface area (Å²) in [6, 6.07) is 1.04. The topological polar surface area (TPSA) is 83.5 Å². The lowest BCUT2D eigenvalue weighted by molar-refractivity contribution is -0.138. The van der Waals surface area contributed by atoms with Gasteiger partial charge in [0.1, 0.15) is 10.9 Å². The first-order chi connectivity index (χ1) is 9.19. The third kappa shape index (κ3) is 4.10. The van der Waals surface area contributed by atoms with Crippen molar-refractivity contribution in [2.24, 2.45) is 0 Å². The first-order valence-electron chi connectivity index (χ1n) is 5.19. The second kappa shape index (κ2) is 6.78. The zero-order valence-electron chi connectivity index (χ0n) is 9.94. The van der Waals surface area contributed by atoms with Crippen LogP contribution in [-0.2, 0) is 14.8 Å². The molecule has 0 bridgehead atoms. The van der Waals surface area contributed by atoms with Gasteiger partial charge in [0.05, 0.1) is 10.0 Å². The van der Waals surface area contributed by atoms with Crippen LogP contribution in [0.4, 0.5) is 0 Å². The van der Waals surface area contributed by atoms with Gasteiger partial charge in [-0.05, 0) is 18.6 Å². The van der Waals surface area contributed by atoms with Gasteiger partial charge in [0.25, 0.3) is 0 Å². The van der Waals surface area contributed by atoms with Gasteiger partial charge in [-0.3, -0.25) is 4.79 Å². The van der Waals surface area contributed by atoms with Crippen molar-refractivity contribution < 1.29 is 18.3 Å². The summed E-state index contributed by atoms with van der Waals surface area (Å²) in [7, 11) is -4.21. The second-order valence-electron chi connectivity index (χ2n) is 3.74. The molecular weight excluding hydrogens is 349 g/mol. The smallest absolute Gasteiger partial charge is 0.322 e. The van der Waals surface area contributed by atoms with Crippen molar-refractivity contribution in [1.82, 2.24) is 4.72 Å². The van der Waals surface area contributed by atoms with E-state index < -0.39 is 26.9 Å². The summed E-state index contributed by atoms with van der Waals surface area (Å²) in [6.07, 6.45) is 1.20. The molecule has 0 aliphatic rings. The van der Waals surface area contributed by atoms with Gasteiger partial charge in [0.15, 0.2) is 0 Å². The fraction of sp³-hybridized carbons (Fsp3) is 0.182. The Morgan fingerprint density at radius 1 is 1.35 bits per heavy atom. The van der Waals surface area contributed by atoms with Crippen molar-refractivity contribution in [2.75, 3.05) is 0 Å². The van der Waals surface area contributed by atoms with Crippen molar-refractivity contribution in [2.45, 2.75) is 17.4 Å². The first kappa shape index (κ1) is 17.3. The van der Waals surface area contributed by atoms with Crippen LogP contribution in [0.25, 0.3) is 0 Å². The van der Waals surface area contributed by atoms with Gasteiger partial charge in [-0.15, -0.1) is 6.58 Å². The van der Waals surface area contributed by atoms with E-state index in [1.807, 2.05) is 4.72 Å². The Morgan fingerprint density at radius 2 is 1.85 bits per heavy atom. The van der Waals surface area contributed by atoms with Crippen LogP contribution in [0, 0.1) is 0 Å². The van der Waals surface area contributed by atoms with E-state index in [1.165, 1.54) is 18.2 Å². The Bertz CT molecular complexity index is 622. The fourth-order valence-corrected chi connectivity index (χ4v) is 4.15. The highest BCUT2D eigenvalue weighted by molar-refractivity contribution is 7.89. The van der Waals surface area contributed by atoms with Crippen LogP contribution in [0.3, 0.4) is 0 Å². The molecule has 0 aromatic heterocycles. The molecule has 5 nitrogen and oxygen atoms in total. The minimum Gasteiger partial charge on any atom is -0.480 e. The van der Waals surface area contributed by atoms with Crippen molar-refractivity contribution in [1.29, 1.82) is 0 Å². The minimum absolute atomic E-state index is 0.0859. The van der Waals surface area contributed by atoms with Gasteiger partial charge in [0.2, 0.25) is 10.0 Å². The van der Waals surface area contributed by atoms with Gasteiger partial charge in [-0.25, -0.2) is 8.42 Å². The molecule has 110 valence electrons. The number of sulfonamides is 1. The Labute approximate surface area is 131 Å². The van der Waals surface area contributed by atoms with Crippen LogP contribution in [0.5, 0.6) is 0 Å². The number of benzene rings is 1. The van der Waals surface area contributed by atoms with Crippen molar-refractivity contribution in [3.63, 3.8) is 0 Å². The number of carboxylic acid groups (broad SMARTS) is 1. The highest BCUT2D eigenvalue weighted by atomic mass is 35.5. The molecule has 1 aromatic carbocycles. The summed E-state index contributed by atoms with van der Waals surface area (Å²) in [4.78, 5) is 10.5. The average Bonchev–Trinajstić information content (AvgIpc) is 2.25. The Hall–Kier alpha value is -0.790. The number of carbonyl (C=O) groups is 1. The summed E-state index contributed by atoms with van der Waals surface area (Å²) in [6.45, 7) is 3.36. The molecule has 1 unspecified atom stereocenters. The van der Waals surface area contributed by atoms with Gasteiger partial charge in [-0.1, -0.05) is 40.9 Å². The van der Waals surface area contributed by atoms with Crippen LogP contribution in [0.1, 0.15) is 6.42 Å². The summed E-state index contributed by atoms with van der Waals surface area (Å²) in [5.41, 5.74) is 0. The number of hydrogen-bond acceptors (Lipinski definition) is 3. The molecule has 0 spiro atoms. The van der Waals surface area contributed by atoms with E-state index in [0.29, 0.717) is 0 Å². The molecule has 0 fully saturated rings. The molecule has 0 heterocycles. The number of halogens is 3. The summed E-state index contributed by atoms with van der Waals surface area (Å²) in [5, 5.41) is 8.71. The molecule has 1 atom stereocenters. The van der Waals surface area contributed by atoms with Gasteiger partial charge < -0.3 is 5.11 Å². The zero-order chi connectivity index (χ0) is 15.5. The first-order valence-corrected chi connectivity index (χ1v) is 7.81. The lowest BCUT2D eigenvalue weighted by Crippen LogP contribution is -2.40. The van der Waals surface area contributed by atoms with Crippen molar-refractivity contribution in [3.05, 3.63) is 39.9 Å². The molecule has 20 heavy (non-hydrogen) atoms. The average molecular weight is 359 g/mol. The zero-order valence-corrected chi connectivity index (χ0v) is 13.0. The number of carboxylic acids is 1. The van der Waals surface area contributed by atoms with Crippen molar-refractivity contribution in [3.8, 4) is 0 Å². The molecule has 0 radical (unpaired) electrons. The molecular formula is C11H10Cl3NO4S. The van der Waals surface area contributed by atoms with Gasteiger partial charge >= 0.3 is 5.97 Å². The third-order valence-corrected chi connectivity index (χ3v) is 4.84. The summed E-state index contributed by atoms with van der Waals surface area (Å²) < 4.78 is 26.3. The molecule has 2 N–H and O–H groups in total. The number of hydrogen-bond donors (Lipinski definition) is 2. The normalized spacial score (nSPS) is 12.9. The van der Waals surface area contributed by atoms with E-state index in [4.69, 9.17) is 39.9 Å². The van der Waals surface area contributed by atoms with Crippen LogP contribution in [0.15, 0.2) is 29.7 Å². The molecule has 0 aliphatic carbocycles. The van der Waals surface area contributed by atoms with Crippen LogP contribution in [0.2, 0.25) is 15.1 Å². The molecule has 9 heteroatoms. The van der Waals surface area contributed by atoms with Crippen LogP contribution in [-0.4, -0.2) is 25.5 Å². The van der Waals surface area contributed by atoms with E-state index >= 15 is 0 Å². The number of aliphatic carboxylic acids is 1. The monoisotopic (exact) mass is 357 g/mol. The van der Waals surface area contributed by atoms with E-state index in [-0.39, 0.29) is 21.5 Å². The van der Waals surface area contributed by atoms with E-state index in [1.54, 1.807) is 0 Å². The standard InChI is InChI=1S/C11H10Cl3NO4S/c1-2-3-9(11(16)17)15-20(18,19)10-7(13)4-6(12)5-8(10)14/h2,4-5,9,15H,1,3H2,(H,16,17). The molecule has 1 aromatic rings. The van der Waals surface area contributed by atoms with Gasteiger partial charge in [-0.2, -0.15) is 4.72 Å². The minimum atomic E-state index is -4.21. The molecule has 1 rings (SSSR count). The Balaban J connectivity index is 3.24. The van der Waals surface area contributed by atoms with Gasteiger partial charge in [0, 0.05) is 5.02 Å². The number of rotatable bonds is 6. The molecule has 0 saturated heterocycles. The van der Waals surface area contributed by atoms with E-state index in [2.05, 4.69) is 6.58 Å². The predicted molar refractivity (Wildman–Crippen MR) is 78.0 cm³/mol.